The Balaban J connectivity index is 1.78. The zero-order valence-corrected chi connectivity index (χ0v) is 12.2. The molecule has 0 aliphatic carbocycles. The molecule has 2 heterocycles. The van der Waals surface area contributed by atoms with Gasteiger partial charge in [0.15, 0.2) is 0 Å². The van der Waals surface area contributed by atoms with Gasteiger partial charge in [-0.1, -0.05) is 16.7 Å². The van der Waals surface area contributed by atoms with Gasteiger partial charge in [0.05, 0.1) is 16.8 Å². The number of carboxylic acids is 1. The van der Waals surface area contributed by atoms with Gasteiger partial charge in [-0.2, -0.15) is 10.3 Å². The maximum absolute atomic E-state index is 11.1. The summed E-state index contributed by atoms with van der Waals surface area (Å²) < 4.78 is 5.57. The molecule has 3 rings (SSSR count). The molecule has 3 N–H and O–H groups in total. The van der Waals surface area contributed by atoms with Gasteiger partial charge in [-0.3, -0.25) is 0 Å². The molecule has 0 fully saturated rings. The summed E-state index contributed by atoms with van der Waals surface area (Å²) in [5, 5.41) is 26.1. The van der Waals surface area contributed by atoms with Crippen molar-refractivity contribution < 1.29 is 14.3 Å². The van der Waals surface area contributed by atoms with Crippen LogP contribution in [0.1, 0.15) is 16.1 Å². The van der Waals surface area contributed by atoms with E-state index in [-0.39, 0.29) is 16.5 Å². The fraction of sp³-hybridized carbons (Fsp3) is 0. The number of nitrogens with one attached hydrogen (secondary N) is 2. The number of aromatic nitrogens is 4. The number of H-pyrrole nitrogens is 1. The number of tetrazole rings is 1. The van der Waals surface area contributed by atoms with Crippen LogP contribution < -0.4 is 5.43 Å². The number of aromatic amines is 1. The topological polar surface area (TPSA) is 129 Å². The van der Waals surface area contributed by atoms with Crippen LogP contribution in [-0.2, 0) is 0 Å². The highest BCUT2D eigenvalue weighted by atomic mass is 35.5. The molecule has 10 heteroatoms. The van der Waals surface area contributed by atoms with Gasteiger partial charge in [-0.25, -0.2) is 10.2 Å². The minimum Gasteiger partial charge on any atom is -0.478 e. The Hall–Kier alpha value is -3.20. The van der Waals surface area contributed by atoms with Crippen LogP contribution in [0.4, 0.5) is 5.95 Å². The smallest absolute Gasteiger partial charge is 0.337 e. The fourth-order valence-electron chi connectivity index (χ4n) is 1.78. The number of hydrogen-bond donors (Lipinski definition) is 3. The zero-order valence-electron chi connectivity index (χ0n) is 11.4. The average Bonchev–Trinajstić information content (AvgIpc) is 3.19. The number of halogens is 1. The summed E-state index contributed by atoms with van der Waals surface area (Å²) >= 11 is 5.84. The number of carbonyl (C=O) groups is 1. The Labute approximate surface area is 134 Å². The van der Waals surface area contributed by atoms with Gasteiger partial charge in [-0.05, 0) is 35.5 Å². The van der Waals surface area contributed by atoms with Crippen LogP contribution in [0.5, 0.6) is 0 Å². The lowest BCUT2D eigenvalue weighted by Crippen LogP contribution is -1.97. The summed E-state index contributed by atoms with van der Waals surface area (Å²) in [7, 11) is 0. The third-order valence-electron chi connectivity index (χ3n) is 2.81. The van der Waals surface area contributed by atoms with Crippen molar-refractivity contribution in [1.82, 2.24) is 20.6 Å². The number of hydrogen-bond acceptors (Lipinski definition) is 7. The molecule has 0 radical (unpaired) electrons. The van der Waals surface area contributed by atoms with Crippen molar-refractivity contribution >= 4 is 29.7 Å². The highest BCUT2D eigenvalue weighted by Crippen LogP contribution is 2.26. The quantitative estimate of drug-likeness (QED) is 0.482. The van der Waals surface area contributed by atoms with Crippen LogP contribution in [0.3, 0.4) is 0 Å². The van der Waals surface area contributed by atoms with Crippen molar-refractivity contribution in [3.8, 4) is 11.3 Å². The van der Waals surface area contributed by atoms with Crippen molar-refractivity contribution in [3.63, 3.8) is 0 Å². The Morgan fingerprint density at radius 1 is 1.39 bits per heavy atom. The fourth-order valence-corrected chi connectivity index (χ4v) is 1.98. The van der Waals surface area contributed by atoms with E-state index in [1.165, 1.54) is 18.3 Å². The number of rotatable bonds is 5. The minimum absolute atomic E-state index is 0.00885. The summed E-state index contributed by atoms with van der Waals surface area (Å²) in [6.45, 7) is 0. The van der Waals surface area contributed by atoms with Crippen LogP contribution in [0.2, 0.25) is 5.02 Å². The maximum atomic E-state index is 11.1. The molecule has 3 aromatic rings. The van der Waals surface area contributed by atoms with Gasteiger partial charge < -0.3 is 9.52 Å². The van der Waals surface area contributed by atoms with Gasteiger partial charge in [-0.15, -0.1) is 5.10 Å². The van der Waals surface area contributed by atoms with Crippen LogP contribution in [0, 0.1) is 0 Å². The second-order valence-corrected chi connectivity index (χ2v) is 4.71. The molecular formula is C13H9ClN6O3. The Morgan fingerprint density at radius 2 is 2.26 bits per heavy atom. The SMILES string of the molecule is O=C(O)c1cc(-c2ccc(C=NNc3nn[nH]n3)o2)ccc1Cl. The Bertz CT molecular complexity index is 858. The van der Waals surface area contributed by atoms with Crippen molar-refractivity contribution in [3.05, 3.63) is 46.7 Å². The molecule has 0 spiro atoms. The van der Waals surface area contributed by atoms with E-state index in [4.69, 9.17) is 21.1 Å². The van der Waals surface area contributed by atoms with E-state index in [2.05, 4.69) is 31.2 Å². The lowest BCUT2D eigenvalue weighted by atomic mass is 10.1. The predicted octanol–water partition coefficient (Wildman–Crippen LogP) is 2.26. The number of carboxylic acid groups (broad SMARTS) is 1. The van der Waals surface area contributed by atoms with Gasteiger partial charge in [0.1, 0.15) is 11.5 Å². The van der Waals surface area contributed by atoms with E-state index in [0.29, 0.717) is 17.1 Å². The largest absolute Gasteiger partial charge is 0.478 e. The molecule has 0 unspecified atom stereocenters. The first-order chi connectivity index (χ1) is 11.1. The average molecular weight is 333 g/mol. The standard InChI is InChI=1S/C13H9ClN6O3/c14-10-3-1-7(5-9(10)12(21)22)11-4-2-8(23-11)6-15-16-13-17-19-20-18-13/h1-6H,(H,21,22)(H2,16,17,18,19,20). The van der Waals surface area contributed by atoms with Gasteiger partial charge in [0.25, 0.3) is 5.95 Å². The summed E-state index contributed by atoms with van der Waals surface area (Å²) in [6, 6.07) is 8.01. The van der Waals surface area contributed by atoms with E-state index in [0.717, 1.165) is 0 Å². The first kappa shape index (κ1) is 14.7. The second kappa shape index (κ2) is 6.28. The molecule has 0 saturated carbocycles. The van der Waals surface area contributed by atoms with E-state index in [1.54, 1.807) is 18.2 Å². The number of hydrazone groups is 1. The molecule has 0 bridgehead atoms. The zero-order chi connectivity index (χ0) is 16.2. The van der Waals surface area contributed by atoms with E-state index < -0.39 is 5.97 Å². The second-order valence-electron chi connectivity index (χ2n) is 4.31. The van der Waals surface area contributed by atoms with E-state index in [1.807, 2.05) is 0 Å². The Morgan fingerprint density at radius 3 is 3.00 bits per heavy atom. The predicted molar refractivity (Wildman–Crippen MR) is 81.5 cm³/mol. The summed E-state index contributed by atoms with van der Waals surface area (Å²) in [5.74, 6) is 0.0688. The molecule has 2 aromatic heterocycles. The molecule has 116 valence electrons. The van der Waals surface area contributed by atoms with Crippen LogP contribution in [0.15, 0.2) is 39.9 Å². The molecule has 0 aliphatic heterocycles. The minimum atomic E-state index is -1.10. The number of nitrogens with zero attached hydrogens (tertiary/aromatic N) is 4. The maximum Gasteiger partial charge on any atom is 0.337 e. The van der Waals surface area contributed by atoms with Gasteiger partial charge in [0, 0.05) is 5.56 Å². The number of aromatic carboxylic acids is 1. The van der Waals surface area contributed by atoms with Crippen molar-refractivity contribution in [2.75, 3.05) is 5.43 Å². The number of anilines is 1. The molecule has 23 heavy (non-hydrogen) atoms. The van der Waals surface area contributed by atoms with Crippen LogP contribution in [-0.4, -0.2) is 37.9 Å². The number of furan rings is 1. The molecule has 0 atom stereocenters. The van der Waals surface area contributed by atoms with Gasteiger partial charge in [0.2, 0.25) is 0 Å². The van der Waals surface area contributed by atoms with E-state index in [9.17, 15) is 4.79 Å². The summed E-state index contributed by atoms with van der Waals surface area (Å²) in [6.07, 6.45) is 1.42. The molecule has 0 amide bonds. The summed E-state index contributed by atoms with van der Waals surface area (Å²) in [5.41, 5.74) is 3.16. The molecule has 9 nitrogen and oxygen atoms in total. The first-order valence-electron chi connectivity index (χ1n) is 6.29. The normalized spacial score (nSPS) is 11.0. The summed E-state index contributed by atoms with van der Waals surface area (Å²) in [4.78, 5) is 11.1. The molecule has 0 aliphatic rings. The third kappa shape index (κ3) is 3.35. The van der Waals surface area contributed by atoms with E-state index >= 15 is 0 Å². The number of benzene rings is 1. The van der Waals surface area contributed by atoms with Gasteiger partial charge >= 0.3 is 5.97 Å². The molecular weight excluding hydrogens is 324 g/mol. The monoisotopic (exact) mass is 332 g/mol. The van der Waals surface area contributed by atoms with Crippen molar-refractivity contribution in [1.29, 1.82) is 0 Å². The van der Waals surface area contributed by atoms with Crippen LogP contribution in [0.25, 0.3) is 11.3 Å². The van der Waals surface area contributed by atoms with Crippen molar-refractivity contribution in [2.24, 2.45) is 5.10 Å². The highest BCUT2D eigenvalue weighted by molar-refractivity contribution is 6.33. The molecule has 0 saturated heterocycles. The third-order valence-corrected chi connectivity index (χ3v) is 3.14. The van der Waals surface area contributed by atoms with Crippen molar-refractivity contribution in [2.45, 2.75) is 0 Å². The highest BCUT2D eigenvalue weighted by Gasteiger charge is 2.12. The lowest BCUT2D eigenvalue weighted by molar-refractivity contribution is 0.0697. The first-order valence-corrected chi connectivity index (χ1v) is 6.67. The lowest BCUT2D eigenvalue weighted by Gasteiger charge is -2.01. The Kier molecular flexibility index (Phi) is 4.02. The van der Waals surface area contributed by atoms with Crippen LogP contribution >= 0.6 is 11.6 Å². The molecule has 1 aromatic carbocycles.